The number of nitrogens with two attached hydrogens (primary N) is 1. The molecule has 3 atom stereocenters. The second kappa shape index (κ2) is 8.78. The van der Waals surface area contributed by atoms with Crippen LogP contribution >= 0.6 is 11.6 Å². The third kappa shape index (κ3) is 3.32. The lowest BCUT2D eigenvalue weighted by Gasteiger charge is -2.42. The van der Waals surface area contributed by atoms with Crippen LogP contribution in [0, 0.1) is 17.6 Å². The molecule has 0 bridgehead atoms. The molecule has 0 radical (unpaired) electrons. The van der Waals surface area contributed by atoms with Gasteiger partial charge >= 0.3 is 0 Å². The number of aromatic nitrogens is 2. The van der Waals surface area contributed by atoms with Crippen molar-refractivity contribution in [2.24, 2.45) is 5.92 Å². The van der Waals surface area contributed by atoms with E-state index in [-0.39, 0.29) is 62.7 Å². The van der Waals surface area contributed by atoms with Crippen molar-refractivity contribution in [3.63, 3.8) is 0 Å². The van der Waals surface area contributed by atoms with E-state index in [0.29, 0.717) is 5.70 Å². The molecule has 4 N–H and O–H groups in total. The van der Waals surface area contributed by atoms with Gasteiger partial charge in [-0.1, -0.05) is 24.6 Å². The van der Waals surface area contributed by atoms with Gasteiger partial charge < -0.3 is 25.3 Å². The SMILES string of the molecule is COc1cc(OC)c2c(c1Cl)OC1(C(=O)C3=C(CC1C)Nc1nc(N)[nH]c(=O)c1C3c1ccc(F)c(F)c1)C2=O. The van der Waals surface area contributed by atoms with Crippen LogP contribution in [0.1, 0.15) is 40.7 Å². The first kappa shape index (κ1) is 25.8. The fraction of sp³-hybridized carbons (Fsp3) is 0.259. The zero-order valence-corrected chi connectivity index (χ0v) is 22.0. The van der Waals surface area contributed by atoms with E-state index in [2.05, 4.69) is 15.3 Å². The Hall–Kier alpha value is -4.45. The van der Waals surface area contributed by atoms with Crippen LogP contribution in [0.15, 0.2) is 40.3 Å². The molecule has 0 saturated heterocycles. The lowest BCUT2D eigenvalue weighted by atomic mass is 9.66. The van der Waals surface area contributed by atoms with Crippen LogP contribution in [-0.2, 0) is 4.79 Å². The highest BCUT2D eigenvalue weighted by molar-refractivity contribution is 6.36. The van der Waals surface area contributed by atoms with Gasteiger partial charge in [-0.25, -0.2) is 8.78 Å². The average Bonchev–Trinajstić information content (AvgIpc) is 3.23. The molecule has 1 aliphatic carbocycles. The highest BCUT2D eigenvalue weighted by atomic mass is 35.5. The van der Waals surface area contributed by atoms with Crippen LogP contribution in [0.3, 0.4) is 0 Å². The van der Waals surface area contributed by atoms with E-state index in [0.717, 1.165) is 12.1 Å². The number of nitrogen functional groups attached to an aromatic ring is 1. The Morgan fingerprint density at radius 1 is 1.10 bits per heavy atom. The summed E-state index contributed by atoms with van der Waals surface area (Å²) in [4.78, 5) is 48.4. The summed E-state index contributed by atoms with van der Waals surface area (Å²) in [5, 5.41) is 2.98. The Kier molecular flexibility index (Phi) is 5.67. The first-order chi connectivity index (χ1) is 19.0. The monoisotopic (exact) mass is 570 g/mol. The number of halogens is 3. The van der Waals surface area contributed by atoms with E-state index < -0.39 is 46.2 Å². The van der Waals surface area contributed by atoms with Crippen molar-refractivity contribution >= 4 is 34.9 Å². The minimum absolute atomic E-state index is 0.0244. The van der Waals surface area contributed by atoms with E-state index in [1.54, 1.807) is 6.92 Å². The van der Waals surface area contributed by atoms with E-state index in [9.17, 15) is 23.2 Å². The molecule has 0 saturated carbocycles. The van der Waals surface area contributed by atoms with Gasteiger partial charge in [-0.3, -0.25) is 19.4 Å². The number of carbonyl (C=O) groups is 2. The third-order valence-corrected chi connectivity index (χ3v) is 7.99. The molecule has 1 aromatic heterocycles. The van der Waals surface area contributed by atoms with Crippen LogP contribution in [0.4, 0.5) is 20.5 Å². The van der Waals surface area contributed by atoms with Crippen molar-refractivity contribution in [1.29, 1.82) is 0 Å². The number of allylic oxidation sites excluding steroid dienone is 1. The first-order valence-corrected chi connectivity index (χ1v) is 12.5. The van der Waals surface area contributed by atoms with Crippen molar-refractivity contribution in [1.82, 2.24) is 9.97 Å². The van der Waals surface area contributed by atoms with Gasteiger partial charge in [0, 0.05) is 29.2 Å². The number of H-pyrrole nitrogens is 1. The molecule has 3 aliphatic rings. The number of methoxy groups -OCH3 is 2. The largest absolute Gasteiger partial charge is 0.496 e. The van der Waals surface area contributed by atoms with Gasteiger partial charge in [0.2, 0.25) is 23.1 Å². The molecule has 206 valence electrons. The molecule has 3 heterocycles. The Bertz CT molecular complexity index is 1760. The summed E-state index contributed by atoms with van der Waals surface area (Å²) in [6.07, 6.45) is 0.0892. The summed E-state index contributed by atoms with van der Waals surface area (Å²) < 4.78 is 45.3. The number of hydrogen-bond acceptors (Lipinski definition) is 9. The topological polar surface area (TPSA) is 146 Å². The predicted octanol–water partition coefficient (Wildman–Crippen LogP) is 3.74. The minimum atomic E-state index is -2.09. The maximum absolute atomic E-state index is 14.6. The zero-order chi connectivity index (χ0) is 28.7. The van der Waals surface area contributed by atoms with Gasteiger partial charge in [0.25, 0.3) is 5.56 Å². The van der Waals surface area contributed by atoms with Crippen molar-refractivity contribution in [2.45, 2.75) is 24.9 Å². The van der Waals surface area contributed by atoms with Gasteiger partial charge in [0.05, 0.1) is 19.8 Å². The Labute approximate surface area is 230 Å². The second-order valence-corrected chi connectivity index (χ2v) is 10.1. The summed E-state index contributed by atoms with van der Waals surface area (Å²) in [5.41, 5.74) is 3.28. The second-order valence-electron chi connectivity index (χ2n) is 9.74. The van der Waals surface area contributed by atoms with Gasteiger partial charge in [-0.2, -0.15) is 4.98 Å². The summed E-state index contributed by atoms with van der Waals surface area (Å²) in [6, 6.07) is 4.46. The molecule has 0 fully saturated rings. The van der Waals surface area contributed by atoms with Crippen molar-refractivity contribution < 1.29 is 32.6 Å². The lowest BCUT2D eigenvalue weighted by molar-refractivity contribution is -0.130. The number of nitrogens with one attached hydrogen (secondary N) is 2. The lowest BCUT2D eigenvalue weighted by Crippen LogP contribution is -2.58. The smallest absolute Gasteiger partial charge is 0.258 e. The molecule has 1 spiro atoms. The summed E-state index contributed by atoms with van der Waals surface area (Å²) in [5.74, 6) is -5.68. The zero-order valence-electron chi connectivity index (χ0n) is 21.3. The van der Waals surface area contributed by atoms with Crippen molar-refractivity contribution in [3.05, 3.63) is 79.2 Å². The molecule has 2 aromatic carbocycles. The quantitative estimate of drug-likeness (QED) is 0.401. The fourth-order valence-electron chi connectivity index (χ4n) is 5.80. The Morgan fingerprint density at radius 3 is 2.50 bits per heavy atom. The summed E-state index contributed by atoms with van der Waals surface area (Å²) >= 11 is 6.51. The Morgan fingerprint density at radius 2 is 1.82 bits per heavy atom. The third-order valence-electron chi connectivity index (χ3n) is 7.63. The van der Waals surface area contributed by atoms with Gasteiger partial charge in [0.15, 0.2) is 17.4 Å². The molecular weight excluding hydrogens is 550 g/mol. The molecule has 3 aromatic rings. The van der Waals surface area contributed by atoms with E-state index in [1.165, 1.54) is 26.4 Å². The number of aromatic amines is 1. The van der Waals surface area contributed by atoms with Crippen LogP contribution in [-0.4, -0.2) is 41.4 Å². The molecule has 3 unspecified atom stereocenters. The molecule has 13 heteroatoms. The molecular formula is C27H21ClF2N4O6. The van der Waals surface area contributed by atoms with Gasteiger partial charge in [-0.05, 0) is 24.1 Å². The van der Waals surface area contributed by atoms with Crippen molar-refractivity contribution in [3.8, 4) is 17.2 Å². The number of ether oxygens (including phenoxy) is 3. The number of hydrogen-bond donors (Lipinski definition) is 3. The van der Waals surface area contributed by atoms with Crippen LogP contribution in [0.5, 0.6) is 17.2 Å². The van der Waals surface area contributed by atoms with Gasteiger partial charge in [0.1, 0.15) is 27.9 Å². The molecule has 6 rings (SSSR count). The number of anilines is 2. The van der Waals surface area contributed by atoms with Crippen molar-refractivity contribution in [2.75, 3.05) is 25.3 Å². The number of ketones is 2. The van der Waals surface area contributed by atoms with E-state index in [1.807, 2.05) is 0 Å². The number of benzene rings is 2. The van der Waals surface area contributed by atoms with Gasteiger partial charge in [-0.15, -0.1) is 0 Å². The number of carbonyl (C=O) groups excluding carboxylic acids is 2. The summed E-state index contributed by atoms with van der Waals surface area (Å²) in [6.45, 7) is 1.66. The van der Waals surface area contributed by atoms with E-state index >= 15 is 0 Å². The molecule has 2 aliphatic heterocycles. The van der Waals surface area contributed by atoms with E-state index in [4.69, 9.17) is 31.5 Å². The first-order valence-electron chi connectivity index (χ1n) is 12.1. The predicted molar refractivity (Wildman–Crippen MR) is 139 cm³/mol. The minimum Gasteiger partial charge on any atom is -0.496 e. The standard InChI is InChI=1S/C27H21ClF2N4O6/c1-9-6-13-17(22(35)27(9)23(36)18-14(38-2)8-15(39-3)20(28)21(18)40-27)16(10-4-5-11(29)12(30)7-10)19-24(32-13)33-26(31)34-25(19)37/h4-5,7-9,16H,6H2,1-3H3,(H4,31,32,33,34,37). The number of fused-ring (bicyclic) bond motifs is 2. The highest BCUT2D eigenvalue weighted by Crippen LogP contribution is 2.56. The average molecular weight is 571 g/mol. The van der Waals surface area contributed by atoms with Crippen LogP contribution < -0.4 is 30.8 Å². The van der Waals surface area contributed by atoms with Crippen LogP contribution in [0.2, 0.25) is 5.02 Å². The normalized spacial score (nSPS) is 22.9. The maximum atomic E-state index is 14.6. The molecule has 40 heavy (non-hydrogen) atoms. The maximum Gasteiger partial charge on any atom is 0.258 e. The Balaban J connectivity index is 1.59. The number of nitrogens with zero attached hydrogens (tertiary/aromatic N) is 1. The molecule has 0 amide bonds. The summed E-state index contributed by atoms with van der Waals surface area (Å²) in [7, 11) is 2.72. The molecule has 10 nitrogen and oxygen atoms in total. The van der Waals surface area contributed by atoms with Crippen LogP contribution in [0.25, 0.3) is 0 Å². The number of rotatable bonds is 3. The fourth-order valence-corrected chi connectivity index (χ4v) is 6.06. The number of Topliss-reactive ketones (excluding diaryl/α,β-unsaturated/α-hetero) is 2. The highest BCUT2D eigenvalue weighted by Gasteiger charge is 2.63.